The Morgan fingerprint density at radius 2 is 0.547 bits per heavy atom. The molecule has 0 aromatic carbocycles. The fraction of sp³-hybridized carbons (Fsp3) is 0.948. The minimum Gasteiger partial charge on any atom is -0.462 e. The Labute approximate surface area is 399 Å². The van der Waals surface area contributed by atoms with Gasteiger partial charge >= 0.3 is 17.9 Å². The van der Waals surface area contributed by atoms with Crippen LogP contribution in [0.2, 0.25) is 0 Å². The predicted molar refractivity (Wildman–Crippen MR) is 275 cm³/mol. The van der Waals surface area contributed by atoms with E-state index < -0.39 is 6.10 Å². The van der Waals surface area contributed by atoms with Gasteiger partial charge in [-0.1, -0.05) is 291 Å². The molecule has 0 bridgehead atoms. The predicted octanol–water partition coefficient (Wildman–Crippen LogP) is 19.0. The van der Waals surface area contributed by atoms with Crippen molar-refractivity contribution in [2.75, 3.05) is 13.2 Å². The summed E-state index contributed by atoms with van der Waals surface area (Å²) in [5.41, 5.74) is 0. The zero-order valence-corrected chi connectivity index (χ0v) is 43.8. The highest BCUT2D eigenvalue weighted by Crippen LogP contribution is 2.18. The van der Waals surface area contributed by atoms with Crippen molar-refractivity contribution in [3.8, 4) is 0 Å². The average molecular weight is 906 g/mol. The van der Waals surface area contributed by atoms with Gasteiger partial charge in [-0.3, -0.25) is 14.4 Å². The van der Waals surface area contributed by atoms with Gasteiger partial charge in [0.1, 0.15) is 13.2 Å². The van der Waals surface area contributed by atoms with E-state index in [1.807, 2.05) is 0 Å². The highest BCUT2D eigenvalue weighted by Gasteiger charge is 2.19. The first kappa shape index (κ1) is 62.4. The number of esters is 3. The Bertz CT molecular complexity index is 966. The summed E-state index contributed by atoms with van der Waals surface area (Å²) >= 11 is 0. The van der Waals surface area contributed by atoms with E-state index in [4.69, 9.17) is 14.2 Å². The molecule has 0 aliphatic heterocycles. The van der Waals surface area contributed by atoms with Crippen molar-refractivity contribution in [2.45, 2.75) is 336 Å². The molecule has 0 aliphatic carbocycles. The first-order valence-electron chi connectivity index (χ1n) is 28.9. The first-order valence-corrected chi connectivity index (χ1v) is 28.9. The first-order chi connectivity index (χ1) is 31.4. The standard InChI is InChI=1S/C58H112O6/c1-5-8-10-12-14-16-18-20-21-22-26-30-34-38-42-46-50-57(60)63-53-55(52-62-56(59)49-45-41-37-33-29-19-17-15-13-11-9-6-2)64-58(61)51-47-43-39-35-31-27-24-23-25-28-32-36-40-44-48-54(4)7-3/h54-55H,5-53H2,1-4H3/t54?,55-/m1/s1. The molecule has 0 spiro atoms. The minimum atomic E-state index is -0.761. The Hall–Kier alpha value is -1.59. The van der Waals surface area contributed by atoms with Crippen LogP contribution < -0.4 is 0 Å². The summed E-state index contributed by atoms with van der Waals surface area (Å²) in [5.74, 6) is 0.0589. The third-order valence-electron chi connectivity index (χ3n) is 13.7. The number of unbranched alkanes of at least 4 members (excludes halogenated alkanes) is 39. The van der Waals surface area contributed by atoms with Gasteiger partial charge in [0.05, 0.1) is 0 Å². The summed E-state index contributed by atoms with van der Waals surface area (Å²) in [4.78, 5) is 38.1. The van der Waals surface area contributed by atoms with Crippen molar-refractivity contribution >= 4 is 17.9 Å². The summed E-state index contributed by atoms with van der Waals surface area (Å²) < 4.78 is 16.9. The van der Waals surface area contributed by atoms with Crippen LogP contribution in [-0.4, -0.2) is 37.2 Å². The number of hydrogen-bond acceptors (Lipinski definition) is 6. The molecule has 1 unspecified atom stereocenters. The molecule has 2 atom stereocenters. The Balaban J connectivity index is 4.28. The van der Waals surface area contributed by atoms with E-state index in [1.165, 1.54) is 225 Å². The van der Waals surface area contributed by atoms with Gasteiger partial charge < -0.3 is 14.2 Å². The molecule has 0 saturated carbocycles. The zero-order chi connectivity index (χ0) is 46.7. The summed E-state index contributed by atoms with van der Waals surface area (Å²) in [6.07, 6.45) is 56.5. The van der Waals surface area contributed by atoms with Gasteiger partial charge in [0, 0.05) is 19.3 Å². The number of hydrogen-bond donors (Lipinski definition) is 0. The van der Waals surface area contributed by atoms with Crippen LogP contribution in [-0.2, 0) is 28.6 Å². The number of carbonyl (C=O) groups excluding carboxylic acids is 3. The van der Waals surface area contributed by atoms with Crippen LogP contribution >= 0.6 is 0 Å². The van der Waals surface area contributed by atoms with Crippen molar-refractivity contribution in [3.05, 3.63) is 0 Å². The number of ether oxygens (including phenoxy) is 3. The summed E-state index contributed by atoms with van der Waals surface area (Å²) in [5, 5.41) is 0. The maximum atomic E-state index is 12.8. The Morgan fingerprint density at radius 3 is 0.812 bits per heavy atom. The lowest BCUT2D eigenvalue weighted by molar-refractivity contribution is -0.167. The molecule has 0 radical (unpaired) electrons. The summed E-state index contributed by atoms with van der Waals surface area (Å²) in [6.45, 7) is 9.09. The van der Waals surface area contributed by atoms with Crippen LogP contribution in [0.15, 0.2) is 0 Å². The second-order valence-electron chi connectivity index (χ2n) is 20.2. The van der Waals surface area contributed by atoms with Gasteiger partial charge in [0.2, 0.25) is 0 Å². The van der Waals surface area contributed by atoms with E-state index in [0.29, 0.717) is 19.3 Å². The molecule has 0 amide bonds. The molecule has 0 fully saturated rings. The van der Waals surface area contributed by atoms with Gasteiger partial charge in [0.25, 0.3) is 0 Å². The molecule has 0 aliphatic rings. The maximum Gasteiger partial charge on any atom is 0.306 e. The lowest BCUT2D eigenvalue weighted by Crippen LogP contribution is -2.30. The van der Waals surface area contributed by atoms with E-state index in [9.17, 15) is 14.4 Å². The van der Waals surface area contributed by atoms with Crippen LogP contribution in [0, 0.1) is 5.92 Å². The smallest absolute Gasteiger partial charge is 0.306 e. The highest BCUT2D eigenvalue weighted by molar-refractivity contribution is 5.71. The average Bonchev–Trinajstić information content (AvgIpc) is 3.29. The van der Waals surface area contributed by atoms with Gasteiger partial charge in [-0.2, -0.15) is 0 Å². The highest BCUT2D eigenvalue weighted by atomic mass is 16.6. The van der Waals surface area contributed by atoms with Crippen molar-refractivity contribution < 1.29 is 28.6 Å². The second-order valence-corrected chi connectivity index (χ2v) is 20.2. The third-order valence-corrected chi connectivity index (χ3v) is 13.7. The summed E-state index contributed by atoms with van der Waals surface area (Å²) in [7, 11) is 0. The Kier molecular flexibility index (Phi) is 51.1. The van der Waals surface area contributed by atoms with Crippen LogP contribution in [0.5, 0.6) is 0 Å². The van der Waals surface area contributed by atoms with Gasteiger partial charge in [0.15, 0.2) is 6.10 Å². The van der Waals surface area contributed by atoms with Gasteiger partial charge in [-0.15, -0.1) is 0 Å². The van der Waals surface area contributed by atoms with E-state index in [2.05, 4.69) is 27.7 Å². The van der Waals surface area contributed by atoms with Crippen LogP contribution in [0.4, 0.5) is 0 Å². The normalized spacial score (nSPS) is 12.4. The third kappa shape index (κ3) is 49.8. The van der Waals surface area contributed by atoms with Gasteiger partial charge in [-0.25, -0.2) is 0 Å². The molecule has 0 saturated heterocycles. The number of carbonyl (C=O) groups is 3. The van der Waals surface area contributed by atoms with E-state index in [1.54, 1.807) is 0 Å². The molecule has 0 aromatic heterocycles. The second kappa shape index (κ2) is 52.4. The van der Waals surface area contributed by atoms with Gasteiger partial charge in [-0.05, 0) is 25.2 Å². The molecule has 380 valence electrons. The van der Waals surface area contributed by atoms with Crippen molar-refractivity contribution in [2.24, 2.45) is 5.92 Å². The van der Waals surface area contributed by atoms with Crippen LogP contribution in [0.25, 0.3) is 0 Å². The molecule has 6 nitrogen and oxygen atoms in total. The maximum absolute atomic E-state index is 12.8. The topological polar surface area (TPSA) is 78.9 Å². The zero-order valence-electron chi connectivity index (χ0n) is 43.8. The molecular weight excluding hydrogens is 793 g/mol. The van der Waals surface area contributed by atoms with Crippen molar-refractivity contribution in [3.63, 3.8) is 0 Å². The number of rotatable bonds is 53. The quantitative estimate of drug-likeness (QED) is 0.0344. The summed E-state index contributed by atoms with van der Waals surface area (Å²) in [6, 6.07) is 0. The van der Waals surface area contributed by atoms with E-state index in [-0.39, 0.29) is 31.1 Å². The lowest BCUT2D eigenvalue weighted by atomic mass is 9.99. The molecule has 0 N–H and O–H groups in total. The fourth-order valence-corrected chi connectivity index (χ4v) is 8.89. The molecule has 0 aromatic rings. The monoisotopic (exact) mass is 905 g/mol. The van der Waals surface area contributed by atoms with Crippen molar-refractivity contribution in [1.29, 1.82) is 0 Å². The SMILES string of the molecule is CCCCCCCCCCCCCCCCCCC(=O)OC[C@@H](COC(=O)CCCCCCCCCCCCCC)OC(=O)CCCCCCCCCCCCCCCCC(C)CC. The Morgan fingerprint density at radius 1 is 0.312 bits per heavy atom. The van der Waals surface area contributed by atoms with Crippen molar-refractivity contribution in [1.82, 2.24) is 0 Å². The van der Waals surface area contributed by atoms with E-state index >= 15 is 0 Å². The molecule has 64 heavy (non-hydrogen) atoms. The van der Waals surface area contributed by atoms with Crippen LogP contribution in [0.1, 0.15) is 329 Å². The molecular formula is C58H112O6. The molecule has 6 heteroatoms. The lowest BCUT2D eigenvalue weighted by Gasteiger charge is -2.18. The minimum absolute atomic E-state index is 0.0618. The molecule has 0 heterocycles. The van der Waals surface area contributed by atoms with Crippen LogP contribution in [0.3, 0.4) is 0 Å². The van der Waals surface area contributed by atoms with E-state index in [0.717, 1.165) is 63.7 Å². The fourth-order valence-electron chi connectivity index (χ4n) is 8.89. The molecule has 0 rings (SSSR count). The largest absolute Gasteiger partial charge is 0.462 e.